The summed E-state index contributed by atoms with van der Waals surface area (Å²) in [4.78, 5) is 11.7. The van der Waals surface area contributed by atoms with Crippen molar-refractivity contribution in [2.75, 3.05) is 6.54 Å². The molecule has 0 fully saturated rings. The van der Waals surface area contributed by atoms with Crippen LogP contribution >= 0.6 is 0 Å². The molecule has 0 aliphatic heterocycles. The number of unbranched alkanes of at least 4 members (excludes halogenated alkanes) is 1. The Morgan fingerprint density at radius 1 is 1.38 bits per heavy atom. The van der Waals surface area contributed by atoms with E-state index in [2.05, 4.69) is 5.32 Å². The number of amides is 1. The number of hydrogen-bond acceptors (Lipinski definition) is 3. The van der Waals surface area contributed by atoms with Crippen molar-refractivity contribution in [1.82, 2.24) is 5.32 Å². The number of benzene rings is 1. The van der Waals surface area contributed by atoms with Crippen molar-refractivity contribution < 1.29 is 14.8 Å². The zero-order valence-corrected chi connectivity index (χ0v) is 9.31. The zero-order valence-electron chi connectivity index (χ0n) is 9.31. The largest absolute Gasteiger partial charge is 0.489 e. The molecule has 0 spiro atoms. The van der Waals surface area contributed by atoms with E-state index in [4.69, 9.17) is 10.0 Å². The maximum Gasteiger partial charge on any atom is 0.489 e. The van der Waals surface area contributed by atoms with Crippen molar-refractivity contribution in [3.8, 4) is 0 Å². The lowest BCUT2D eigenvalue weighted by Crippen LogP contribution is -2.38. The lowest BCUT2D eigenvalue weighted by atomic mass is 9.77. The minimum Gasteiger partial charge on any atom is -0.423 e. The van der Waals surface area contributed by atoms with Gasteiger partial charge in [-0.15, -0.1) is 0 Å². The van der Waals surface area contributed by atoms with E-state index in [0.29, 0.717) is 12.1 Å². The highest BCUT2D eigenvalue weighted by Gasteiger charge is 2.19. The van der Waals surface area contributed by atoms with E-state index >= 15 is 0 Å². The third kappa shape index (κ3) is 3.36. The molecule has 86 valence electrons. The summed E-state index contributed by atoms with van der Waals surface area (Å²) in [5.41, 5.74) is 0.546. The fourth-order valence-corrected chi connectivity index (χ4v) is 1.40. The second kappa shape index (κ2) is 6.30. The highest BCUT2D eigenvalue weighted by atomic mass is 16.4. The van der Waals surface area contributed by atoms with Gasteiger partial charge in [-0.25, -0.2) is 0 Å². The van der Waals surface area contributed by atoms with Gasteiger partial charge >= 0.3 is 7.12 Å². The van der Waals surface area contributed by atoms with E-state index in [0.717, 1.165) is 12.8 Å². The van der Waals surface area contributed by atoms with Gasteiger partial charge in [0.15, 0.2) is 0 Å². The van der Waals surface area contributed by atoms with E-state index in [1.807, 2.05) is 6.92 Å². The molecule has 0 aliphatic rings. The number of carbonyl (C=O) groups is 1. The molecule has 0 aromatic heterocycles. The Hall–Kier alpha value is -1.33. The maximum absolute atomic E-state index is 11.7. The normalized spacial score (nSPS) is 9.94. The van der Waals surface area contributed by atoms with Crippen LogP contribution in [0.15, 0.2) is 24.3 Å². The van der Waals surface area contributed by atoms with E-state index in [9.17, 15) is 4.79 Å². The monoisotopic (exact) mass is 221 g/mol. The van der Waals surface area contributed by atoms with E-state index < -0.39 is 7.12 Å². The highest BCUT2D eigenvalue weighted by Crippen LogP contribution is 1.97. The highest BCUT2D eigenvalue weighted by molar-refractivity contribution is 6.60. The van der Waals surface area contributed by atoms with Gasteiger partial charge in [-0.2, -0.15) is 0 Å². The van der Waals surface area contributed by atoms with Crippen LogP contribution in [-0.4, -0.2) is 29.6 Å². The van der Waals surface area contributed by atoms with E-state index in [1.54, 1.807) is 18.2 Å². The lowest BCUT2D eigenvalue weighted by molar-refractivity contribution is 0.0954. The summed E-state index contributed by atoms with van der Waals surface area (Å²) < 4.78 is 0. The van der Waals surface area contributed by atoms with Crippen LogP contribution in [0.3, 0.4) is 0 Å². The predicted octanol–water partition coefficient (Wildman–Crippen LogP) is -0.104. The van der Waals surface area contributed by atoms with Crippen molar-refractivity contribution >= 4 is 18.5 Å². The molecule has 0 aliphatic carbocycles. The molecule has 1 aromatic rings. The molecule has 0 heterocycles. The predicted molar refractivity (Wildman–Crippen MR) is 63.5 cm³/mol. The Kier molecular flexibility index (Phi) is 5.02. The van der Waals surface area contributed by atoms with Crippen molar-refractivity contribution in [2.24, 2.45) is 0 Å². The van der Waals surface area contributed by atoms with Gasteiger partial charge in [0.25, 0.3) is 5.91 Å². The number of rotatable bonds is 5. The third-order valence-electron chi connectivity index (χ3n) is 2.30. The first-order valence-electron chi connectivity index (χ1n) is 5.40. The summed E-state index contributed by atoms with van der Waals surface area (Å²) in [6.45, 7) is 2.64. The molecule has 1 amide bonds. The van der Waals surface area contributed by atoms with Gasteiger partial charge in [-0.3, -0.25) is 4.79 Å². The molecule has 4 nitrogen and oxygen atoms in total. The summed E-state index contributed by atoms with van der Waals surface area (Å²) in [5, 5.41) is 20.9. The summed E-state index contributed by atoms with van der Waals surface area (Å²) in [5.74, 6) is -0.267. The summed E-state index contributed by atoms with van der Waals surface area (Å²) >= 11 is 0. The van der Waals surface area contributed by atoms with Gasteiger partial charge in [0.05, 0.1) is 0 Å². The Bertz CT molecular complexity index is 355. The minimum absolute atomic E-state index is 0.233. The van der Waals surface area contributed by atoms with Crippen LogP contribution in [0.5, 0.6) is 0 Å². The fraction of sp³-hybridized carbons (Fsp3) is 0.364. The topological polar surface area (TPSA) is 69.6 Å². The first-order valence-corrected chi connectivity index (χ1v) is 5.40. The first-order chi connectivity index (χ1) is 7.66. The Balaban J connectivity index is 2.74. The van der Waals surface area contributed by atoms with Gasteiger partial charge in [-0.1, -0.05) is 31.5 Å². The van der Waals surface area contributed by atoms with E-state index in [-0.39, 0.29) is 11.4 Å². The second-order valence-electron chi connectivity index (χ2n) is 3.57. The average molecular weight is 221 g/mol. The molecule has 3 N–H and O–H groups in total. The molecular formula is C11H16BNO3. The van der Waals surface area contributed by atoms with Crippen molar-refractivity contribution in [3.63, 3.8) is 0 Å². The molecule has 5 heteroatoms. The van der Waals surface area contributed by atoms with E-state index in [1.165, 1.54) is 6.07 Å². The van der Waals surface area contributed by atoms with Crippen LogP contribution in [0.1, 0.15) is 30.1 Å². The molecule has 0 radical (unpaired) electrons. The third-order valence-corrected chi connectivity index (χ3v) is 2.30. The molecule has 1 rings (SSSR count). The zero-order chi connectivity index (χ0) is 12.0. The fourth-order valence-electron chi connectivity index (χ4n) is 1.40. The van der Waals surface area contributed by atoms with Crippen LogP contribution in [0.2, 0.25) is 0 Å². The average Bonchev–Trinajstić information content (AvgIpc) is 2.29. The SMILES string of the molecule is CCCCNC(=O)c1ccccc1B(O)O. The van der Waals surface area contributed by atoms with Gasteiger partial charge < -0.3 is 15.4 Å². The number of carbonyl (C=O) groups excluding carboxylic acids is 1. The number of nitrogens with one attached hydrogen (secondary N) is 1. The minimum atomic E-state index is -1.62. The Labute approximate surface area is 95.4 Å². The lowest BCUT2D eigenvalue weighted by Gasteiger charge is -2.08. The van der Waals surface area contributed by atoms with Crippen LogP contribution in [0, 0.1) is 0 Å². The van der Waals surface area contributed by atoms with Crippen molar-refractivity contribution in [3.05, 3.63) is 29.8 Å². The second-order valence-corrected chi connectivity index (χ2v) is 3.57. The van der Waals surface area contributed by atoms with Gasteiger partial charge in [0.1, 0.15) is 0 Å². The molecule has 16 heavy (non-hydrogen) atoms. The molecule has 0 atom stereocenters. The maximum atomic E-state index is 11.7. The Morgan fingerprint density at radius 2 is 2.06 bits per heavy atom. The van der Waals surface area contributed by atoms with Gasteiger partial charge in [0, 0.05) is 12.1 Å². The Morgan fingerprint density at radius 3 is 2.69 bits per heavy atom. The van der Waals surface area contributed by atoms with Gasteiger partial charge in [-0.05, 0) is 17.9 Å². The molecule has 0 saturated heterocycles. The van der Waals surface area contributed by atoms with Crippen molar-refractivity contribution in [2.45, 2.75) is 19.8 Å². The van der Waals surface area contributed by atoms with Crippen LogP contribution < -0.4 is 10.8 Å². The molecule has 0 saturated carbocycles. The van der Waals surface area contributed by atoms with Gasteiger partial charge in [0.2, 0.25) is 0 Å². The molecule has 0 bridgehead atoms. The quantitative estimate of drug-likeness (QED) is 0.480. The molecule has 1 aromatic carbocycles. The number of hydrogen-bond donors (Lipinski definition) is 3. The van der Waals surface area contributed by atoms with Crippen LogP contribution in [0.25, 0.3) is 0 Å². The van der Waals surface area contributed by atoms with Crippen molar-refractivity contribution in [1.29, 1.82) is 0 Å². The first kappa shape index (κ1) is 12.7. The summed E-state index contributed by atoms with van der Waals surface area (Å²) in [7, 11) is -1.62. The standard InChI is InChI=1S/C11H16BNO3/c1-2-3-8-13-11(14)9-6-4-5-7-10(9)12(15)16/h4-7,15-16H,2-3,8H2,1H3,(H,13,14). The summed E-state index contributed by atoms with van der Waals surface area (Å²) in [6.07, 6.45) is 1.92. The summed E-state index contributed by atoms with van der Waals surface area (Å²) in [6, 6.07) is 6.47. The van der Waals surface area contributed by atoms with Crippen LogP contribution in [0.4, 0.5) is 0 Å². The smallest absolute Gasteiger partial charge is 0.423 e. The molecule has 0 unspecified atom stereocenters. The molecular weight excluding hydrogens is 205 g/mol. The van der Waals surface area contributed by atoms with Crippen LogP contribution in [-0.2, 0) is 0 Å².